The lowest BCUT2D eigenvalue weighted by Gasteiger charge is -2.22. The van der Waals surface area contributed by atoms with E-state index in [1.165, 1.54) is 11.8 Å². The number of aliphatic carboxylic acids is 1. The van der Waals surface area contributed by atoms with E-state index in [1.54, 1.807) is 0 Å². The molecule has 0 fully saturated rings. The zero-order valence-electron chi connectivity index (χ0n) is 18.0. The molecule has 0 aromatic rings. The minimum Gasteiger partial charge on any atom is -0.480 e. The second kappa shape index (κ2) is 14.2. The van der Waals surface area contributed by atoms with Crippen molar-refractivity contribution >= 4 is 35.5 Å². The number of carbonyl (C=O) groups is 4. The number of rotatable bonds is 14. The summed E-state index contributed by atoms with van der Waals surface area (Å²) in [5.41, 5.74) is 5.83. The van der Waals surface area contributed by atoms with Crippen LogP contribution >= 0.6 is 11.8 Å². The van der Waals surface area contributed by atoms with Crippen molar-refractivity contribution in [1.82, 2.24) is 16.0 Å². The van der Waals surface area contributed by atoms with Gasteiger partial charge in [0.1, 0.15) is 12.1 Å². The summed E-state index contributed by atoms with van der Waals surface area (Å²) in [6, 6.07) is -2.62. The number of carbonyl (C=O) groups excluding carboxylic acids is 3. The van der Waals surface area contributed by atoms with E-state index in [9.17, 15) is 24.3 Å². The molecular weight excluding hydrogens is 396 g/mol. The van der Waals surface area contributed by atoms with Crippen LogP contribution in [0, 0.1) is 11.8 Å². The smallest absolute Gasteiger partial charge is 0.326 e. The van der Waals surface area contributed by atoms with Gasteiger partial charge in [0.2, 0.25) is 17.7 Å². The van der Waals surface area contributed by atoms with Crippen LogP contribution in [0.5, 0.6) is 0 Å². The monoisotopic (exact) mass is 432 g/mol. The third-order valence-corrected chi connectivity index (χ3v) is 5.21. The first kappa shape index (κ1) is 27.2. The summed E-state index contributed by atoms with van der Waals surface area (Å²) >= 11 is 1.50. The lowest BCUT2D eigenvalue weighted by Crippen LogP contribution is -2.54. The van der Waals surface area contributed by atoms with Crippen LogP contribution in [-0.2, 0) is 19.2 Å². The van der Waals surface area contributed by atoms with Crippen molar-refractivity contribution in [2.45, 2.75) is 65.1 Å². The summed E-state index contributed by atoms with van der Waals surface area (Å²) in [5.74, 6) is -1.97. The third-order valence-electron chi connectivity index (χ3n) is 4.57. The molecule has 4 unspecified atom stereocenters. The second-order valence-corrected chi connectivity index (χ2v) is 8.55. The Bertz CT molecular complexity index is 559. The van der Waals surface area contributed by atoms with Gasteiger partial charge in [-0.1, -0.05) is 34.1 Å². The SMILES string of the molecule is CCC(C)C(N)C(=O)NCC(=O)NC(CCSC)C(=O)NC(CC(C)C)C(=O)O. The fourth-order valence-electron chi connectivity index (χ4n) is 2.51. The van der Waals surface area contributed by atoms with Crippen LogP contribution in [0.15, 0.2) is 0 Å². The summed E-state index contributed by atoms with van der Waals surface area (Å²) < 4.78 is 0. The topological polar surface area (TPSA) is 151 Å². The van der Waals surface area contributed by atoms with Crippen LogP contribution in [-0.4, -0.2) is 65.5 Å². The largest absolute Gasteiger partial charge is 0.480 e. The van der Waals surface area contributed by atoms with Gasteiger partial charge in [0, 0.05) is 0 Å². The van der Waals surface area contributed by atoms with Gasteiger partial charge in [0.15, 0.2) is 0 Å². The number of hydrogen-bond donors (Lipinski definition) is 5. The number of thioether (sulfide) groups is 1. The predicted octanol–water partition coefficient (Wildman–Crippen LogP) is 0.329. The molecule has 0 aliphatic rings. The Kier molecular flexibility index (Phi) is 13.3. The van der Waals surface area contributed by atoms with Gasteiger partial charge in [-0.15, -0.1) is 0 Å². The Morgan fingerprint density at radius 3 is 2.14 bits per heavy atom. The van der Waals surface area contributed by atoms with E-state index >= 15 is 0 Å². The van der Waals surface area contributed by atoms with Gasteiger partial charge < -0.3 is 26.8 Å². The number of carboxylic acids is 1. The first-order chi connectivity index (χ1) is 13.5. The maximum absolute atomic E-state index is 12.5. The van der Waals surface area contributed by atoms with Crippen molar-refractivity contribution < 1.29 is 24.3 Å². The highest BCUT2D eigenvalue weighted by atomic mass is 32.2. The van der Waals surface area contributed by atoms with Crippen LogP contribution in [0.4, 0.5) is 0 Å². The molecule has 0 spiro atoms. The van der Waals surface area contributed by atoms with E-state index in [-0.39, 0.29) is 24.8 Å². The van der Waals surface area contributed by atoms with Crippen molar-refractivity contribution in [3.8, 4) is 0 Å². The van der Waals surface area contributed by atoms with Gasteiger partial charge in [-0.05, 0) is 36.7 Å². The summed E-state index contributed by atoms with van der Waals surface area (Å²) in [6.07, 6.45) is 3.23. The van der Waals surface area contributed by atoms with Crippen molar-refractivity contribution in [2.75, 3.05) is 18.6 Å². The first-order valence-corrected chi connectivity index (χ1v) is 11.3. The van der Waals surface area contributed by atoms with Gasteiger partial charge in [-0.3, -0.25) is 14.4 Å². The van der Waals surface area contributed by atoms with Gasteiger partial charge in [-0.2, -0.15) is 11.8 Å². The van der Waals surface area contributed by atoms with Crippen LogP contribution in [0.25, 0.3) is 0 Å². The molecule has 9 nitrogen and oxygen atoms in total. The van der Waals surface area contributed by atoms with E-state index in [1.807, 2.05) is 34.0 Å². The average molecular weight is 433 g/mol. The molecular formula is C19H36N4O5S. The zero-order valence-corrected chi connectivity index (χ0v) is 18.8. The number of hydrogen-bond acceptors (Lipinski definition) is 6. The molecule has 0 saturated heterocycles. The minimum atomic E-state index is -1.12. The minimum absolute atomic E-state index is 0.0212. The van der Waals surface area contributed by atoms with E-state index in [2.05, 4.69) is 16.0 Å². The molecule has 0 aromatic carbocycles. The number of nitrogens with one attached hydrogen (secondary N) is 3. The maximum Gasteiger partial charge on any atom is 0.326 e. The molecule has 29 heavy (non-hydrogen) atoms. The van der Waals surface area contributed by atoms with Crippen LogP contribution in [0.2, 0.25) is 0 Å². The average Bonchev–Trinajstić information content (AvgIpc) is 2.66. The van der Waals surface area contributed by atoms with Gasteiger partial charge >= 0.3 is 5.97 Å². The molecule has 0 heterocycles. The molecule has 0 aliphatic carbocycles. The third kappa shape index (κ3) is 11.1. The quantitative estimate of drug-likeness (QED) is 0.265. The molecule has 168 valence electrons. The molecule has 0 rings (SSSR count). The molecule has 0 saturated carbocycles. The second-order valence-electron chi connectivity index (χ2n) is 7.56. The molecule has 6 N–H and O–H groups in total. The molecule has 3 amide bonds. The molecule has 0 aromatic heterocycles. The van der Waals surface area contributed by atoms with Crippen LogP contribution < -0.4 is 21.7 Å². The highest BCUT2D eigenvalue weighted by Crippen LogP contribution is 2.07. The van der Waals surface area contributed by atoms with Crippen molar-refractivity contribution in [2.24, 2.45) is 17.6 Å². The zero-order chi connectivity index (χ0) is 22.6. The Balaban J connectivity index is 4.87. The molecule has 0 aliphatic heterocycles. The Morgan fingerprint density at radius 2 is 1.66 bits per heavy atom. The van der Waals surface area contributed by atoms with E-state index in [0.717, 1.165) is 6.42 Å². The molecule has 4 atom stereocenters. The highest BCUT2D eigenvalue weighted by molar-refractivity contribution is 7.98. The Hall–Kier alpha value is -1.81. The fraction of sp³-hybridized carbons (Fsp3) is 0.789. The number of carboxylic acid groups (broad SMARTS) is 1. The normalized spacial score (nSPS) is 15.1. The number of amides is 3. The van der Waals surface area contributed by atoms with Gasteiger partial charge in [0.05, 0.1) is 12.6 Å². The van der Waals surface area contributed by atoms with Crippen LogP contribution in [0.1, 0.15) is 47.0 Å². The first-order valence-electron chi connectivity index (χ1n) is 9.88. The van der Waals surface area contributed by atoms with E-state index in [4.69, 9.17) is 5.73 Å². The molecule has 0 radical (unpaired) electrons. The number of nitrogens with two attached hydrogens (primary N) is 1. The van der Waals surface area contributed by atoms with E-state index in [0.29, 0.717) is 12.2 Å². The summed E-state index contributed by atoms with van der Waals surface area (Å²) in [6.45, 7) is 7.19. The highest BCUT2D eigenvalue weighted by Gasteiger charge is 2.27. The lowest BCUT2D eigenvalue weighted by molar-refractivity contribution is -0.142. The van der Waals surface area contributed by atoms with Gasteiger partial charge in [0.25, 0.3) is 0 Å². The van der Waals surface area contributed by atoms with Crippen molar-refractivity contribution in [3.63, 3.8) is 0 Å². The van der Waals surface area contributed by atoms with Crippen molar-refractivity contribution in [3.05, 3.63) is 0 Å². The molecule has 10 heteroatoms. The standard InChI is InChI=1S/C19H36N4O5S/c1-6-12(4)16(20)18(26)21-10-15(24)22-13(7-8-29-5)17(25)23-14(19(27)28)9-11(2)3/h11-14,16H,6-10,20H2,1-5H3,(H,21,26)(H,22,24)(H,23,25)(H,27,28). The van der Waals surface area contributed by atoms with Gasteiger partial charge in [-0.25, -0.2) is 4.79 Å². The fourth-order valence-corrected chi connectivity index (χ4v) is 2.98. The lowest BCUT2D eigenvalue weighted by atomic mass is 9.99. The summed E-state index contributed by atoms with van der Waals surface area (Å²) in [7, 11) is 0. The van der Waals surface area contributed by atoms with Crippen molar-refractivity contribution in [1.29, 1.82) is 0 Å². The predicted molar refractivity (Wildman–Crippen MR) is 114 cm³/mol. The van der Waals surface area contributed by atoms with E-state index < -0.39 is 41.8 Å². The Morgan fingerprint density at radius 1 is 1.03 bits per heavy atom. The molecule has 0 bridgehead atoms. The van der Waals surface area contributed by atoms with Crippen LogP contribution in [0.3, 0.4) is 0 Å². The summed E-state index contributed by atoms with van der Waals surface area (Å²) in [4.78, 5) is 48.1. The maximum atomic E-state index is 12.5. The Labute approximate surface area is 177 Å². The summed E-state index contributed by atoms with van der Waals surface area (Å²) in [5, 5.41) is 16.9.